The van der Waals surface area contributed by atoms with Gasteiger partial charge in [0.1, 0.15) is 0 Å². The fraction of sp³-hybridized carbons (Fsp3) is 0.778. The van der Waals surface area contributed by atoms with Gasteiger partial charge >= 0.3 is 0 Å². The van der Waals surface area contributed by atoms with Crippen LogP contribution in [-0.2, 0) is 6.54 Å². The van der Waals surface area contributed by atoms with Crippen molar-refractivity contribution in [3.05, 3.63) is 11.9 Å². The molecule has 1 aromatic rings. The zero-order valence-corrected chi connectivity index (χ0v) is 7.69. The van der Waals surface area contributed by atoms with Gasteiger partial charge in [0.15, 0.2) is 0 Å². The quantitative estimate of drug-likeness (QED) is 0.751. The highest BCUT2D eigenvalue weighted by molar-refractivity contribution is 5.06. The van der Waals surface area contributed by atoms with Gasteiger partial charge in [0, 0.05) is 19.1 Å². The minimum absolute atomic E-state index is 0.226. The van der Waals surface area contributed by atoms with E-state index in [2.05, 4.69) is 10.3 Å². The Kier molecular flexibility index (Phi) is 2.59. The second kappa shape index (κ2) is 3.87. The van der Waals surface area contributed by atoms with Gasteiger partial charge in [-0.1, -0.05) is 11.6 Å². The van der Waals surface area contributed by atoms with Crippen LogP contribution in [0.1, 0.15) is 37.3 Å². The first-order valence-corrected chi connectivity index (χ1v) is 4.91. The molecule has 2 rings (SSSR count). The van der Waals surface area contributed by atoms with Crippen molar-refractivity contribution in [2.45, 2.75) is 38.1 Å². The molecular formula is C9H15N3O. The molecule has 4 nitrogen and oxygen atoms in total. The van der Waals surface area contributed by atoms with Crippen molar-refractivity contribution in [1.82, 2.24) is 15.0 Å². The van der Waals surface area contributed by atoms with E-state index in [1.807, 2.05) is 10.9 Å². The molecule has 1 N–H and O–H groups in total. The topological polar surface area (TPSA) is 50.9 Å². The molecule has 13 heavy (non-hydrogen) atoms. The van der Waals surface area contributed by atoms with E-state index in [0.717, 1.165) is 13.0 Å². The molecule has 0 bridgehead atoms. The zero-order chi connectivity index (χ0) is 9.10. The van der Waals surface area contributed by atoms with Gasteiger partial charge in [-0.3, -0.25) is 0 Å². The summed E-state index contributed by atoms with van der Waals surface area (Å²) in [5.74, 6) is 0.675. The van der Waals surface area contributed by atoms with Crippen LogP contribution in [0.4, 0.5) is 0 Å². The van der Waals surface area contributed by atoms with Crippen LogP contribution < -0.4 is 0 Å². The van der Waals surface area contributed by atoms with Crippen LogP contribution in [0.3, 0.4) is 0 Å². The molecule has 0 spiro atoms. The number of nitrogens with zero attached hydrogens (tertiary/aromatic N) is 3. The van der Waals surface area contributed by atoms with Gasteiger partial charge in [-0.05, 0) is 19.3 Å². The van der Waals surface area contributed by atoms with Crippen LogP contribution in [0.5, 0.6) is 0 Å². The van der Waals surface area contributed by atoms with E-state index >= 15 is 0 Å². The van der Waals surface area contributed by atoms with Crippen LogP contribution in [0.15, 0.2) is 6.20 Å². The second-order valence-electron chi connectivity index (χ2n) is 3.59. The molecule has 1 aromatic heterocycles. The Morgan fingerprint density at radius 2 is 2.38 bits per heavy atom. The van der Waals surface area contributed by atoms with Crippen molar-refractivity contribution in [2.24, 2.45) is 0 Å². The molecule has 1 aliphatic carbocycles. The molecule has 4 heteroatoms. The van der Waals surface area contributed by atoms with Gasteiger partial charge in [-0.2, -0.15) is 0 Å². The van der Waals surface area contributed by atoms with Crippen LogP contribution in [-0.4, -0.2) is 26.7 Å². The first-order valence-electron chi connectivity index (χ1n) is 4.91. The normalized spacial score (nSPS) is 17.3. The summed E-state index contributed by atoms with van der Waals surface area (Å²) in [6.45, 7) is 1.02. The van der Waals surface area contributed by atoms with E-state index in [1.165, 1.54) is 25.0 Å². The summed E-state index contributed by atoms with van der Waals surface area (Å²) in [5.41, 5.74) is 1.25. The standard InChI is InChI=1S/C9H15N3O/c13-6-2-5-12-9(7-10-11-12)8-3-1-4-8/h7-8,13H,1-6H2. The molecule has 0 unspecified atom stereocenters. The molecule has 1 heterocycles. The molecule has 0 atom stereocenters. The van der Waals surface area contributed by atoms with Gasteiger partial charge in [-0.15, -0.1) is 5.10 Å². The maximum atomic E-state index is 8.70. The number of hydrogen-bond acceptors (Lipinski definition) is 3. The van der Waals surface area contributed by atoms with Crippen molar-refractivity contribution < 1.29 is 5.11 Å². The lowest BCUT2D eigenvalue weighted by atomic mass is 9.83. The van der Waals surface area contributed by atoms with Crippen LogP contribution in [0.25, 0.3) is 0 Å². The predicted octanol–water partition coefficient (Wildman–Crippen LogP) is 0.928. The molecule has 0 aliphatic heterocycles. The fourth-order valence-electron chi connectivity index (χ4n) is 1.68. The summed E-state index contributed by atoms with van der Waals surface area (Å²) < 4.78 is 1.93. The lowest BCUT2D eigenvalue weighted by Gasteiger charge is -2.25. The summed E-state index contributed by atoms with van der Waals surface area (Å²) >= 11 is 0. The number of aliphatic hydroxyl groups excluding tert-OH is 1. The molecule has 0 saturated heterocycles. The Morgan fingerprint density at radius 1 is 1.54 bits per heavy atom. The Labute approximate surface area is 77.6 Å². The Hall–Kier alpha value is -0.900. The lowest BCUT2D eigenvalue weighted by molar-refractivity contribution is 0.272. The maximum Gasteiger partial charge on any atom is 0.0728 e. The Bertz CT molecular complexity index is 268. The molecule has 1 fully saturated rings. The molecule has 0 amide bonds. The molecule has 0 aromatic carbocycles. The number of aliphatic hydroxyl groups is 1. The average molecular weight is 181 g/mol. The highest BCUT2D eigenvalue weighted by Gasteiger charge is 2.23. The average Bonchev–Trinajstić information content (AvgIpc) is 2.46. The third-order valence-electron chi connectivity index (χ3n) is 2.70. The van der Waals surface area contributed by atoms with Crippen molar-refractivity contribution in [1.29, 1.82) is 0 Å². The van der Waals surface area contributed by atoms with E-state index in [0.29, 0.717) is 5.92 Å². The number of aryl methyl sites for hydroxylation is 1. The van der Waals surface area contributed by atoms with Crippen molar-refractivity contribution in [3.8, 4) is 0 Å². The molecular weight excluding hydrogens is 166 g/mol. The zero-order valence-electron chi connectivity index (χ0n) is 7.69. The summed E-state index contributed by atoms with van der Waals surface area (Å²) in [7, 11) is 0. The van der Waals surface area contributed by atoms with E-state index in [9.17, 15) is 0 Å². The van der Waals surface area contributed by atoms with Crippen LogP contribution in [0.2, 0.25) is 0 Å². The third kappa shape index (κ3) is 1.72. The van der Waals surface area contributed by atoms with E-state index in [-0.39, 0.29) is 6.61 Å². The highest BCUT2D eigenvalue weighted by atomic mass is 16.3. The van der Waals surface area contributed by atoms with Gasteiger partial charge < -0.3 is 5.11 Å². The van der Waals surface area contributed by atoms with E-state index in [4.69, 9.17) is 5.11 Å². The monoisotopic (exact) mass is 181 g/mol. The SMILES string of the molecule is OCCCn1nncc1C1CCC1. The van der Waals surface area contributed by atoms with Gasteiger partial charge in [-0.25, -0.2) is 4.68 Å². The van der Waals surface area contributed by atoms with Gasteiger partial charge in [0.2, 0.25) is 0 Å². The van der Waals surface area contributed by atoms with E-state index in [1.54, 1.807) is 0 Å². The number of aromatic nitrogens is 3. The maximum absolute atomic E-state index is 8.70. The number of rotatable bonds is 4. The summed E-state index contributed by atoms with van der Waals surface area (Å²) in [6.07, 6.45) is 6.50. The Morgan fingerprint density at radius 3 is 3.00 bits per heavy atom. The molecule has 1 aliphatic rings. The molecule has 0 radical (unpaired) electrons. The van der Waals surface area contributed by atoms with E-state index < -0.39 is 0 Å². The Balaban J connectivity index is 2.02. The summed E-state index contributed by atoms with van der Waals surface area (Å²) in [4.78, 5) is 0. The van der Waals surface area contributed by atoms with Gasteiger partial charge in [0.25, 0.3) is 0 Å². The lowest BCUT2D eigenvalue weighted by Crippen LogP contribution is -2.15. The third-order valence-corrected chi connectivity index (χ3v) is 2.70. The summed E-state index contributed by atoms with van der Waals surface area (Å²) in [5, 5.41) is 16.6. The van der Waals surface area contributed by atoms with Crippen LogP contribution in [0, 0.1) is 0 Å². The van der Waals surface area contributed by atoms with Crippen molar-refractivity contribution >= 4 is 0 Å². The minimum Gasteiger partial charge on any atom is -0.396 e. The minimum atomic E-state index is 0.226. The summed E-state index contributed by atoms with van der Waals surface area (Å²) in [6, 6.07) is 0. The van der Waals surface area contributed by atoms with Crippen molar-refractivity contribution in [2.75, 3.05) is 6.61 Å². The van der Waals surface area contributed by atoms with Crippen LogP contribution >= 0.6 is 0 Å². The molecule has 1 saturated carbocycles. The first-order chi connectivity index (χ1) is 6.42. The first kappa shape index (κ1) is 8.69. The smallest absolute Gasteiger partial charge is 0.0728 e. The van der Waals surface area contributed by atoms with Crippen molar-refractivity contribution in [3.63, 3.8) is 0 Å². The number of hydrogen-bond donors (Lipinski definition) is 1. The predicted molar refractivity (Wildman–Crippen MR) is 48.3 cm³/mol. The highest BCUT2D eigenvalue weighted by Crippen LogP contribution is 2.35. The molecule has 72 valence electrons. The van der Waals surface area contributed by atoms with Gasteiger partial charge in [0.05, 0.1) is 11.9 Å². The fourth-order valence-corrected chi connectivity index (χ4v) is 1.68. The second-order valence-corrected chi connectivity index (χ2v) is 3.59. The largest absolute Gasteiger partial charge is 0.396 e.